The molecule has 0 aliphatic carbocycles. The molecule has 30 heavy (non-hydrogen) atoms. The highest BCUT2D eigenvalue weighted by atomic mass is 16.5. The summed E-state index contributed by atoms with van der Waals surface area (Å²) in [4.78, 5) is 29.9. The summed E-state index contributed by atoms with van der Waals surface area (Å²) in [6.07, 6.45) is 2.01. The third-order valence-corrected chi connectivity index (χ3v) is 6.16. The molecule has 0 bridgehead atoms. The van der Waals surface area contributed by atoms with Crippen LogP contribution in [-0.4, -0.2) is 60.5 Å². The second kappa shape index (κ2) is 9.43. The van der Waals surface area contributed by atoms with Gasteiger partial charge in [-0.25, -0.2) is 0 Å². The van der Waals surface area contributed by atoms with Crippen LogP contribution in [0.4, 0.5) is 0 Å². The van der Waals surface area contributed by atoms with E-state index < -0.39 is 0 Å². The normalized spacial score (nSPS) is 22.2. The average Bonchev–Trinajstić information content (AvgIpc) is 3.28. The zero-order valence-electron chi connectivity index (χ0n) is 17.6. The van der Waals surface area contributed by atoms with Crippen molar-refractivity contribution in [1.29, 1.82) is 0 Å². The first-order valence-corrected chi connectivity index (χ1v) is 11.0. The number of hydrogen-bond acceptors (Lipinski definition) is 3. The highest BCUT2D eigenvalue weighted by Gasteiger charge is 2.35. The monoisotopic (exact) mass is 406 g/mol. The van der Waals surface area contributed by atoms with Crippen LogP contribution in [0.25, 0.3) is 11.1 Å². The SMILES string of the molecule is CCN1CCN(C(=O)C2CCCO2)CC(Cc2cccc(-c3ccccc3)c2)C1=O. The van der Waals surface area contributed by atoms with Crippen molar-refractivity contribution in [2.45, 2.75) is 32.3 Å². The maximum absolute atomic E-state index is 13.2. The van der Waals surface area contributed by atoms with E-state index in [4.69, 9.17) is 4.74 Å². The van der Waals surface area contributed by atoms with E-state index in [0.717, 1.165) is 29.5 Å². The molecule has 2 atom stereocenters. The third-order valence-electron chi connectivity index (χ3n) is 6.16. The van der Waals surface area contributed by atoms with Gasteiger partial charge in [0.1, 0.15) is 6.10 Å². The van der Waals surface area contributed by atoms with Gasteiger partial charge in [-0.15, -0.1) is 0 Å². The van der Waals surface area contributed by atoms with Crippen molar-refractivity contribution in [2.24, 2.45) is 5.92 Å². The molecule has 5 nitrogen and oxygen atoms in total. The molecule has 2 aliphatic rings. The van der Waals surface area contributed by atoms with Gasteiger partial charge in [-0.2, -0.15) is 0 Å². The molecule has 2 amide bonds. The lowest BCUT2D eigenvalue weighted by Gasteiger charge is -2.25. The summed E-state index contributed by atoms with van der Waals surface area (Å²) in [7, 11) is 0. The third kappa shape index (κ3) is 4.57. The lowest BCUT2D eigenvalue weighted by Crippen LogP contribution is -2.42. The van der Waals surface area contributed by atoms with Gasteiger partial charge in [0, 0.05) is 32.8 Å². The first-order chi connectivity index (χ1) is 14.7. The molecule has 0 N–H and O–H groups in total. The summed E-state index contributed by atoms with van der Waals surface area (Å²) in [6, 6.07) is 18.6. The number of amides is 2. The predicted molar refractivity (Wildman–Crippen MR) is 117 cm³/mol. The van der Waals surface area contributed by atoms with Crippen molar-refractivity contribution < 1.29 is 14.3 Å². The van der Waals surface area contributed by atoms with E-state index >= 15 is 0 Å². The fourth-order valence-corrected chi connectivity index (χ4v) is 4.48. The molecule has 2 aromatic rings. The fourth-order valence-electron chi connectivity index (χ4n) is 4.48. The first-order valence-electron chi connectivity index (χ1n) is 11.0. The largest absolute Gasteiger partial charge is 0.368 e. The standard InChI is InChI=1S/C25H30N2O3/c1-2-26-13-14-27(25(29)23-12-7-15-30-23)18-22(24(26)28)17-19-8-6-11-21(16-19)20-9-4-3-5-10-20/h3-6,8-11,16,22-23H,2,7,12-15,17-18H2,1H3. The minimum Gasteiger partial charge on any atom is -0.368 e. The zero-order chi connectivity index (χ0) is 20.9. The Bertz CT molecular complexity index is 877. The van der Waals surface area contributed by atoms with Gasteiger partial charge in [0.05, 0.1) is 5.92 Å². The van der Waals surface area contributed by atoms with Gasteiger partial charge in [0.2, 0.25) is 5.91 Å². The molecule has 2 aliphatic heterocycles. The second-order valence-corrected chi connectivity index (χ2v) is 8.17. The molecular weight excluding hydrogens is 376 g/mol. The van der Waals surface area contributed by atoms with Crippen LogP contribution in [0.2, 0.25) is 0 Å². The predicted octanol–water partition coefficient (Wildman–Crippen LogP) is 3.38. The first kappa shape index (κ1) is 20.6. The number of carbonyl (C=O) groups excluding carboxylic acids is 2. The van der Waals surface area contributed by atoms with Crippen LogP contribution in [0, 0.1) is 5.92 Å². The molecule has 2 saturated heterocycles. The summed E-state index contributed by atoms with van der Waals surface area (Å²) in [6.45, 7) is 4.96. The Kier molecular flexibility index (Phi) is 6.48. The Morgan fingerprint density at radius 2 is 1.87 bits per heavy atom. The summed E-state index contributed by atoms with van der Waals surface area (Å²) in [5.41, 5.74) is 3.43. The molecule has 0 radical (unpaired) electrons. The topological polar surface area (TPSA) is 49.9 Å². The van der Waals surface area contributed by atoms with E-state index in [1.54, 1.807) is 0 Å². The number of benzene rings is 2. The molecule has 4 rings (SSSR count). The van der Waals surface area contributed by atoms with E-state index in [1.165, 1.54) is 0 Å². The van der Waals surface area contributed by atoms with E-state index in [0.29, 0.717) is 39.2 Å². The van der Waals surface area contributed by atoms with Gasteiger partial charge in [0.25, 0.3) is 5.91 Å². The van der Waals surface area contributed by atoms with Crippen molar-refractivity contribution in [3.8, 4) is 11.1 Å². The lowest BCUT2D eigenvalue weighted by molar-refractivity contribution is -0.141. The number of likely N-dealkylation sites (N-methyl/N-ethyl adjacent to an activating group) is 1. The van der Waals surface area contributed by atoms with Crippen LogP contribution < -0.4 is 0 Å². The van der Waals surface area contributed by atoms with Crippen LogP contribution >= 0.6 is 0 Å². The Balaban J connectivity index is 1.54. The van der Waals surface area contributed by atoms with Gasteiger partial charge < -0.3 is 14.5 Å². The smallest absolute Gasteiger partial charge is 0.251 e. The maximum atomic E-state index is 13.2. The van der Waals surface area contributed by atoms with Crippen LogP contribution in [0.15, 0.2) is 54.6 Å². The van der Waals surface area contributed by atoms with Crippen LogP contribution in [0.3, 0.4) is 0 Å². The van der Waals surface area contributed by atoms with Crippen molar-refractivity contribution in [3.05, 3.63) is 60.2 Å². The van der Waals surface area contributed by atoms with Gasteiger partial charge in [-0.3, -0.25) is 9.59 Å². The molecular formula is C25H30N2O3. The Hall–Kier alpha value is -2.66. The molecule has 158 valence electrons. The molecule has 5 heteroatoms. The number of rotatable bonds is 5. The second-order valence-electron chi connectivity index (χ2n) is 8.17. The van der Waals surface area contributed by atoms with Crippen LogP contribution in [0.1, 0.15) is 25.3 Å². The van der Waals surface area contributed by atoms with Crippen LogP contribution in [-0.2, 0) is 20.7 Å². The van der Waals surface area contributed by atoms with Gasteiger partial charge in [-0.05, 0) is 42.9 Å². The number of hydrogen-bond donors (Lipinski definition) is 0. The molecule has 2 aromatic carbocycles. The van der Waals surface area contributed by atoms with Gasteiger partial charge >= 0.3 is 0 Å². The Morgan fingerprint density at radius 3 is 2.60 bits per heavy atom. The summed E-state index contributed by atoms with van der Waals surface area (Å²) >= 11 is 0. The highest BCUT2D eigenvalue weighted by molar-refractivity contribution is 5.84. The Morgan fingerprint density at radius 1 is 1.07 bits per heavy atom. The molecule has 0 spiro atoms. The lowest BCUT2D eigenvalue weighted by atomic mass is 9.94. The van der Waals surface area contributed by atoms with Crippen LogP contribution in [0.5, 0.6) is 0 Å². The molecule has 2 unspecified atom stereocenters. The quantitative estimate of drug-likeness (QED) is 0.765. The average molecular weight is 407 g/mol. The van der Waals surface area contributed by atoms with E-state index in [1.807, 2.05) is 41.0 Å². The summed E-state index contributed by atoms with van der Waals surface area (Å²) in [5, 5.41) is 0. The number of carbonyl (C=O) groups is 2. The maximum Gasteiger partial charge on any atom is 0.251 e. The van der Waals surface area contributed by atoms with Gasteiger partial charge in [-0.1, -0.05) is 54.6 Å². The molecule has 0 saturated carbocycles. The van der Waals surface area contributed by atoms with Gasteiger partial charge in [0.15, 0.2) is 0 Å². The van der Waals surface area contributed by atoms with Crippen molar-refractivity contribution in [2.75, 3.05) is 32.8 Å². The van der Waals surface area contributed by atoms with E-state index in [-0.39, 0.29) is 23.8 Å². The molecule has 0 aromatic heterocycles. The number of nitrogens with zero attached hydrogens (tertiary/aromatic N) is 2. The summed E-state index contributed by atoms with van der Waals surface area (Å²) < 4.78 is 5.62. The van der Waals surface area contributed by atoms with Crippen molar-refractivity contribution in [1.82, 2.24) is 9.80 Å². The minimum atomic E-state index is -0.338. The van der Waals surface area contributed by atoms with E-state index in [9.17, 15) is 9.59 Å². The highest BCUT2D eigenvalue weighted by Crippen LogP contribution is 2.24. The van der Waals surface area contributed by atoms with E-state index in [2.05, 4.69) is 30.3 Å². The number of ether oxygens (including phenoxy) is 1. The van der Waals surface area contributed by atoms with Crippen molar-refractivity contribution >= 4 is 11.8 Å². The zero-order valence-corrected chi connectivity index (χ0v) is 17.6. The summed E-state index contributed by atoms with van der Waals surface area (Å²) in [5.74, 6) is -0.0460. The molecule has 2 heterocycles. The minimum absolute atomic E-state index is 0.0429. The van der Waals surface area contributed by atoms with Crippen molar-refractivity contribution in [3.63, 3.8) is 0 Å². The fraction of sp³-hybridized carbons (Fsp3) is 0.440. The Labute approximate surface area is 178 Å². The molecule has 2 fully saturated rings.